The van der Waals surface area contributed by atoms with Crippen LogP contribution in [-0.2, 0) is 4.79 Å². The smallest absolute Gasteiger partial charge is 0.162 e. The number of anilines is 1. The molecule has 3 aromatic carbocycles. The monoisotopic (exact) mass is 487 g/mol. The van der Waals surface area contributed by atoms with Crippen LogP contribution >= 0.6 is 23.2 Å². The van der Waals surface area contributed by atoms with Crippen LogP contribution in [0.5, 0.6) is 0 Å². The third-order valence-electron chi connectivity index (χ3n) is 6.86. The molecule has 170 valence electrons. The number of hydrogen-bond donors (Lipinski definition) is 1. The molecule has 3 nitrogen and oxygen atoms in total. The zero-order valence-corrected chi connectivity index (χ0v) is 20.4. The maximum atomic E-state index is 13.6. The number of carbonyl (C=O) groups excluding carboxylic acids is 1. The van der Waals surface area contributed by atoms with Crippen LogP contribution in [0.15, 0.2) is 82.4 Å². The van der Waals surface area contributed by atoms with Gasteiger partial charge in [-0.3, -0.25) is 4.79 Å². The molecule has 1 aliphatic carbocycles. The molecule has 6 rings (SSSR count). The average molecular weight is 488 g/mol. The van der Waals surface area contributed by atoms with Gasteiger partial charge in [0.15, 0.2) is 5.78 Å². The molecule has 0 fully saturated rings. The van der Waals surface area contributed by atoms with E-state index in [1.165, 1.54) is 0 Å². The molecule has 1 atom stereocenters. The Hall–Kier alpha value is -3.01. The lowest BCUT2D eigenvalue weighted by molar-refractivity contribution is -0.118. The average Bonchev–Trinajstić information content (AvgIpc) is 3.26. The zero-order chi connectivity index (χ0) is 23.6. The first-order valence-corrected chi connectivity index (χ1v) is 12.2. The van der Waals surface area contributed by atoms with Crippen molar-refractivity contribution >= 4 is 45.4 Å². The van der Waals surface area contributed by atoms with Gasteiger partial charge in [0.2, 0.25) is 0 Å². The summed E-state index contributed by atoms with van der Waals surface area (Å²) >= 11 is 12.6. The van der Waals surface area contributed by atoms with E-state index >= 15 is 0 Å². The van der Waals surface area contributed by atoms with Crippen molar-refractivity contribution in [3.8, 4) is 11.3 Å². The number of furan rings is 1. The van der Waals surface area contributed by atoms with Crippen molar-refractivity contribution in [2.24, 2.45) is 5.41 Å². The Balaban J connectivity index is 1.58. The molecule has 4 aromatic rings. The van der Waals surface area contributed by atoms with Gasteiger partial charge in [-0.2, -0.15) is 0 Å². The van der Waals surface area contributed by atoms with Crippen molar-refractivity contribution in [2.75, 3.05) is 5.32 Å². The second-order valence-corrected chi connectivity index (χ2v) is 10.8. The highest BCUT2D eigenvalue weighted by Gasteiger charge is 2.42. The lowest BCUT2D eigenvalue weighted by atomic mass is 9.69. The van der Waals surface area contributed by atoms with Gasteiger partial charge in [-0.1, -0.05) is 67.4 Å². The van der Waals surface area contributed by atoms with Gasteiger partial charge in [-0.25, -0.2) is 0 Å². The molecule has 1 unspecified atom stereocenters. The summed E-state index contributed by atoms with van der Waals surface area (Å²) < 4.78 is 6.44. The minimum atomic E-state index is -0.291. The molecule has 0 bridgehead atoms. The van der Waals surface area contributed by atoms with Crippen molar-refractivity contribution in [3.05, 3.63) is 99.4 Å². The van der Waals surface area contributed by atoms with Crippen LogP contribution in [0.2, 0.25) is 10.0 Å². The Morgan fingerprint density at radius 3 is 2.62 bits per heavy atom. The number of benzene rings is 3. The Morgan fingerprint density at radius 2 is 1.79 bits per heavy atom. The molecule has 1 aromatic heterocycles. The summed E-state index contributed by atoms with van der Waals surface area (Å²) in [6.07, 6.45) is 1.33. The number of nitrogens with one attached hydrogen (secondary N) is 1. The van der Waals surface area contributed by atoms with Gasteiger partial charge in [0.05, 0.1) is 10.9 Å². The van der Waals surface area contributed by atoms with Crippen LogP contribution in [0.4, 0.5) is 5.69 Å². The molecule has 1 N–H and O–H groups in total. The molecule has 2 aliphatic rings. The fraction of sp³-hybridized carbons (Fsp3) is 0.207. The first-order chi connectivity index (χ1) is 16.3. The molecular weight excluding hydrogens is 465 g/mol. The van der Waals surface area contributed by atoms with E-state index in [2.05, 4.69) is 43.4 Å². The van der Waals surface area contributed by atoms with E-state index in [4.69, 9.17) is 27.6 Å². The van der Waals surface area contributed by atoms with Gasteiger partial charge in [0.25, 0.3) is 0 Å². The van der Waals surface area contributed by atoms with Gasteiger partial charge >= 0.3 is 0 Å². The maximum Gasteiger partial charge on any atom is 0.162 e. The molecule has 1 aliphatic heterocycles. The molecule has 0 amide bonds. The fourth-order valence-corrected chi connectivity index (χ4v) is 5.93. The number of halogens is 2. The Labute approximate surface area is 208 Å². The highest BCUT2D eigenvalue weighted by Crippen LogP contribution is 2.51. The van der Waals surface area contributed by atoms with E-state index in [-0.39, 0.29) is 17.1 Å². The number of carbonyl (C=O) groups is 1. The molecule has 0 radical (unpaired) electrons. The molecule has 34 heavy (non-hydrogen) atoms. The van der Waals surface area contributed by atoms with Gasteiger partial charge in [0, 0.05) is 34.0 Å². The van der Waals surface area contributed by atoms with Crippen LogP contribution < -0.4 is 5.32 Å². The molecule has 0 saturated carbocycles. The SMILES string of the molecule is CC1(C)CC(=O)C2=C(C1)Nc1ccc3ccccc3c1C2c1ccc(-c2ccc(Cl)cc2Cl)o1. The summed E-state index contributed by atoms with van der Waals surface area (Å²) in [6.45, 7) is 4.30. The largest absolute Gasteiger partial charge is 0.460 e. The van der Waals surface area contributed by atoms with Crippen LogP contribution in [0, 0.1) is 5.41 Å². The van der Waals surface area contributed by atoms with Crippen LogP contribution in [0.3, 0.4) is 0 Å². The summed E-state index contributed by atoms with van der Waals surface area (Å²) in [7, 11) is 0. The lowest BCUT2D eigenvalue weighted by Gasteiger charge is -2.39. The van der Waals surface area contributed by atoms with Crippen molar-refractivity contribution in [1.29, 1.82) is 0 Å². The van der Waals surface area contributed by atoms with E-state index in [1.54, 1.807) is 12.1 Å². The molecule has 5 heteroatoms. The van der Waals surface area contributed by atoms with Gasteiger partial charge < -0.3 is 9.73 Å². The Bertz CT molecular complexity index is 1510. The second-order valence-electron chi connectivity index (χ2n) is 9.97. The number of fused-ring (bicyclic) bond motifs is 3. The van der Waals surface area contributed by atoms with E-state index in [0.29, 0.717) is 22.2 Å². The minimum Gasteiger partial charge on any atom is -0.460 e. The van der Waals surface area contributed by atoms with E-state index < -0.39 is 0 Å². The minimum absolute atomic E-state index is 0.0903. The maximum absolute atomic E-state index is 13.6. The summed E-state index contributed by atoms with van der Waals surface area (Å²) in [5.74, 6) is 1.27. The molecule has 2 heterocycles. The number of hydrogen-bond acceptors (Lipinski definition) is 3. The molecular formula is C29H23Cl2NO2. The van der Waals surface area contributed by atoms with E-state index in [1.807, 2.05) is 30.3 Å². The van der Waals surface area contributed by atoms with Gasteiger partial charge in [0.1, 0.15) is 11.5 Å². The Kier molecular flexibility index (Phi) is 4.91. The fourth-order valence-electron chi connectivity index (χ4n) is 5.43. The third-order valence-corrected chi connectivity index (χ3v) is 7.41. The Morgan fingerprint density at radius 1 is 0.971 bits per heavy atom. The van der Waals surface area contributed by atoms with E-state index in [0.717, 1.165) is 51.0 Å². The number of ketones is 1. The predicted molar refractivity (Wildman–Crippen MR) is 139 cm³/mol. The zero-order valence-electron chi connectivity index (χ0n) is 18.9. The van der Waals surface area contributed by atoms with Crippen molar-refractivity contribution in [1.82, 2.24) is 0 Å². The van der Waals surface area contributed by atoms with E-state index in [9.17, 15) is 4.79 Å². The number of Topliss-reactive ketones (excluding diaryl/α,β-unsaturated/α-hetero) is 1. The molecule has 0 spiro atoms. The lowest BCUT2D eigenvalue weighted by Crippen LogP contribution is -2.33. The van der Waals surface area contributed by atoms with Gasteiger partial charge in [-0.15, -0.1) is 0 Å². The standard InChI is InChI=1S/C29H23Cl2NO2/c1-29(2)14-22-27(23(33)15-29)28(26-18-6-4-3-5-16(18)7-10-21(26)32-22)25-12-11-24(34-25)19-9-8-17(30)13-20(19)31/h3-13,28,32H,14-15H2,1-2H3. The van der Waals surface area contributed by atoms with Crippen molar-refractivity contribution in [2.45, 2.75) is 32.6 Å². The normalized spacial score (nSPS) is 19.1. The second kappa shape index (κ2) is 7.76. The van der Waals surface area contributed by atoms with Crippen molar-refractivity contribution in [3.63, 3.8) is 0 Å². The van der Waals surface area contributed by atoms with Crippen LogP contribution in [0.25, 0.3) is 22.1 Å². The number of rotatable bonds is 2. The van der Waals surface area contributed by atoms with Gasteiger partial charge in [-0.05, 0) is 64.6 Å². The summed E-state index contributed by atoms with van der Waals surface area (Å²) in [6, 6.07) is 21.8. The predicted octanol–water partition coefficient (Wildman–Crippen LogP) is 8.61. The first-order valence-electron chi connectivity index (χ1n) is 11.4. The summed E-state index contributed by atoms with van der Waals surface area (Å²) in [5, 5.41) is 6.96. The highest BCUT2D eigenvalue weighted by atomic mass is 35.5. The highest BCUT2D eigenvalue weighted by molar-refractivity contribution is 6.36. The van der Waals surface area contributed by atoms with Crippen LogP contribution in [-0.4, -0.2) is 5.78 Å². The van der Waals surface area contributed by atoms with Crippen molar-refractivity contribution < 1.29 is 9.21 Å². The third kappa shape index (κ3) is 3.46. The quantitative estimate of drug-likeness (QED) is 0.307. The topological polar surface area (TPSA) is 42.2 Å². The number of allylic oxidation sites excluding steroid dienone is 2. The molecule has 0 saturated heterocycles. The first kappa shape index (κ1) is 21.5. The summed E-state index contributed by atoms with van der Waals surface area (Å²) in [5.41, 5.74) is 4.59. The van der Waals surface area contributed by atoms with Crippen LogP contribution in [0.1, 0.15) is 43.9 Å². The summed E-state index contributed by atoms with van der Waals surface area (Å²) in [4.78, 5) is 13.6.